The molecule has 0 spiro atoms. The SMILES string of the molecule is CCOc1ccc(-c2nc3sc4cc([N+](=O)[O-])ccc4n3c2C)cc1. The van der Waals surface area contributed by atoms with Crippen molar-refractivity contribution in [3.63, 3.8) is 0 Å². The van der Waals surface area contributed by atoms with Gasteiger partial charge in [-0.25, -0.2) is 4.98 Å². The maximum Gasteiger partial charge on any atom is 0.270 e. The lowest BCUT2D eigenvalue weighted by Gasteiger charge is -2.04. The van der Waals surface area contributed by atoms with Gasteiger partial charge in [0.1, 0.15) is 5.75 Å². The van der Waals surface area contributed by atoms with E-state index in [2.05, 4.69) is 4.40 Å². The lowest BCUT2D eigenvalue weighted by atomic mass is 10.1. The fourth-order valence-electron chi connectivity index (χ4n) is 2.96. The predicted octanol–water partition coefficient (Wildman–Crippen LogP) is 4.83. The van der Waals surface area contributed by atoms with E-state index in [0.717, 1.165) is 37.9 Å². The van der Waals surface area contributed by atoms with E-state index in [4.69, 9.17) is 9.72 Å². The number of thiazole rings is 1. The second-order valence-electron chi connectivity index (χ2n) is 5.63. The number of aromatic nitrogens is 2. The highest BCUT2D eigenvalue weighted by Gasteiger charge is 2.17. The molecular formula is C18H15N3O3S. The number of imidazole rings is 1. The van der Waals surface area contributed by atoms with Gasteiger partial charge in [-0.05, 0) is 44.2 Å². The molecule has 0 radical (unpaired) electrons. The van der Waals surface area contributed by atoms with Crippen molar-refractivity contribution in [3.8, 4) is 17.0 Å². The van der Waals surface area contributed by atoms with Crippen LogP contribution in [0, 0.1) is 17.0 Å². The number of nitro benzene ring substituents is 1. The summed E-state index contributed by atoms with van der Waals surface area (Å²) in [6, 6.07) is 12.8. The van der Waals surface area contributed by atoms with Gasteiger partial charge in [-0.15, -0.1) is 0 Å². The Balaban J connectivity index is 1.83. The van der Waals surface area contributed by atoms with Crippen molar-refractivity contribution in [3.05, 3.63) is 58.3 Å². The predicted molar refractivity (Wildman–Crippen MR) is 98.6 cm³/mol. The van der Waals surface area contributed by atoms with Crippen molar-refractivity contribution < 1.29 is 9.66 Å². The minimum Gasteiger partial charge on any atom is -0.494 e. The van der Waals surface area contributed by atoms with Crippen LogP contribution in [0.4, 0.5) is 5.69 Å². The highest BCUT2D eigenvalue weighted by atomic mass is 32.1. The lowest BCUT2D eigenvalue weighted by molar-refractivity contribution is -0.384. The number of rotatable bonds is 4. The Morgan fingerprint density at radius 3 is 2.68 bits per heavy atom. The first kappa shape index (κ1) is 15.6. The van der Waals surface area contributed by atoms with Gasteiger partial charge >= 0.3 is 0 Å². The summed E-state index contributed by atoms with van der Waals surface area (Å²) in [6.45, 7) is 4.60. The highest BCUT2D eigenvalue weighted by Crippen LogP contribution is 2.34. The Morgan fingerprint density at radius 2 is 2.00 bits per heavy atom. The molecule has 0 amide bonds. The molecule has 0 fully saturated rings. The number of benzene rings is 2. The molecule has 0 aliphatic heterocycles. The molecule has 25 heavy (non-hydrogen) atoms. The normalized spacial score (nSPS) is 11.3. The van der Waals surface area contributed by atoms with Crippen molar-refractivity contribution >= 4 is 32.2 Å². The van der Waals surface area contributed by atoms with Crippen LogP contribution in [-0.2, 0) is 0 Å². The van der Waals surface area contributed by atoms with Gasteiger partial charge < -0.3 is 4.74 Å². The van der Waals surface area contributed by atoms with Crippen molar-refractivity contribution in [1.82, 2.24) is 9.38 Å². The summed E-state index contributed by atoms with van der Waals surface area (Å²) < 4.78 is 8.39. The zero-order chi connectivity index (χ0) is 17.6. The van der Waals surface area contributed by atoms with Crippen LogP contribution in [0.1, 0.15) is 12.6 Å². The maximum absolute atomic E-state index is 11.0. The minimum atomic E-state index is -0.375. The van der Waals surface area contributed by atoms with Gasteiger partial charge in [-0.3, -0.25) is 14.5 Å². The number of hydrogen-bond acceptors (Lipinski definition) is 5. The summed E-state index contributed by atoms with van der Waals surface area (Å²) in [4.78, 5) is 16.2. The van der Waals surface area contributed by atoms with Crippen LogP contribution in [0.15, 0.2) is 42.5 Å². The summed E-state index contributed by atoms with van der Waals surface area (Å²) in [5.41, 5.74) is 3.98. The van der Waals surface area contributed by atoms with Gasteiger partial charge in [0.2, 0.25) is 0 Å². The molecule has 0 saturated heterocycles. The van der Waals surface area contributed by atoms with Gasteiger partial charge in [0.05, 0.1) is 27.4 Å². The molecule has 2 aromatic heterocycles. The first-order chi connectivity index (χ1) is 12.1. The Bertz CT molecular complexity index is 1100. The van der Waals surface area contributed by atoms with Crippen LogP contribution < -0.4 is 4.74 Å². The number of ether oxygens (including phenoxy) is 1. The van der Waals surface area contributed by atoms with Crippen LogP contribution >= 0.6 is 11.3 Å². The maximum atomic E-state index is 11.0. The number of aryl methyl sites for hydroxylation is 1. The fraction of sp³-hybridized carbons (Fsp3) is 0.167. The molecule has 6 nitrogen and oxygen atoms in total. The van der Waals surface area contributed by atoms with E-state index < -0.39 is 0 Å². The molecule has 4 aromatic rings. The summed E-state index contributed by atoms with van der Waals surface area (Å²) in [6.07, 6.45) is 0. The van der Waals surface area contributed by atoms with Crippen LogP contribution in [0.25, 0.3) is 26.4 Å². The molecule has 2 heterocycles. The summed E-state index contributed by atoms with van der Waals surface area (Å²) in [5, 5.41) is 11.0. The standard InChI is InChI=1S/C18H15N3O3S/c1-3-24-14-7-4-12(5-8-14)17-11(2)20-15-9-6-13(21(22)23)10-16(15)25-18(20)19-17/h4-10H,3H2,1-2H3. The Labute approximate surface area is 147 Å². The van der Waals surface area contributed by atoms with Crippen molar-refractivity contribution in [2.75, 3.05) is 6.61 Å². The molecule has 7 heteroatoms. The fourth-order valence-corrected chi connectivity index (χ4v) is 4.06. The average molecular weight is 353 g/mol. The number of fused-ring (bicyclic) bond motifs is 3. The molecule has 0 bridgehead atoms. The molecule has 0 N–H and O–H groups in total. The molecule has 0 saturated carbocycles. The first-order valence-electron chi connectivity index (χ1n) is 7.87. The second kappa shape index (κ2) is 5.86. The largest absolute Gasteiger partial charge is 0.494 e. The quantitative estimate of drug-likeness (QED) is 0.389. The summed E-state index contributed by atoms with van der Waals surface area (Å²) >= 11 is 1.46. The Hall–Kier alpha value is -2.93. The molecular weight excluding hydrogens is 338 g/mol. The molecule has 0 unspecified atom stereocenters. The third kappa shape index (κ3) is 2.53. The number of hydrogen-bond donors (Lipinski definition) is 0. The summed E-state index contributed by atoms with van der Waals surface area (Å²) in [5.74, 6) is 0.836. The molecule has 2 aromatic carbocycles. The summed E-state index contributed by atoms with van der Waals surface area (Å²) in [7, 11) is 0. The van der Waals surface area contributed by atoms with Gasteiger partial charge in [-0.1, -0.05) is 11.3 Å². The zero-order valence-corrected chi connectivity index (χ0v) is 14.5. The van der Waals surface area contributed by atoms with Gasteiger partial charge in [0.15, 0.2) is 4.96 Å². The number of nitro groups is 1. The molecule has 0 aliphatic rings. The van der Waals surface area contributed by atoms with Crippen molar-refractivity contribution in [2.45, 2.75) is 13.8 Å². The second-order valence-corrected chi connectivity index (χ2v) is 6.64. The van der Waals surface area contributed by atoms with E-state index in [1.54, 1.807) is 12.1 Å². The van der Waals surface area contributed by atoms with Crippen LogP contribution in [0.3, 0.4) is 0 Å². The first-order valence-corrected chi connectivity index (χ1v) is 8.69. The van der Waals surface area contributed by atoms with E-state index in [1.807, 2.05) is 38.1 Å². The average Bonchev–Trinajstić information content (AvgIpc) is 3.12. The van der Waals surface area contributed by atoms with Crippen molar-refractivity contribution in [1.29, 1.82) is 0 Å². The Morgan fingerprint density at radius 1 is 1.24 bits per heavy atom. The monoisotopic (exact) mass is 353 g/mol. The van der Waals surface area contributed by atoms with E-state index >= 15 is 0 Å². The van der Waals surface area contributed by atoms with Crippen LogP contribution in [0.2, 0.25) is 0 Å². The molecule has 126 valence electrons. The number of nitrogens with zero attached hydrogens (tertiary/aromatic N) is 3. The topological polar surface area (TPSA) is 69.7 Å². The van der Waals surface area contributed by atoms with Gasteiger partial charge in [0, 0.05) is 23.4 Å². The zero-order valence-electron chi connectivity index (χ0n) is 13.7. The van der Waals surface area contributed by atoms with Crippen molar-refractivity contribution in [2.24, 2.45) is 0 Å². The Kier molecular flexibility index (Phi) is 3.65. The van der Waals surface area contributed by atoms with Gasteiger partial charge in [0.25, 0.3) is 5.69 Å². The highest BCUT2D eigenvalue weighted by molar-refractivity contribution is 7.23. The third-order valence-electron chi connectivity index (χ3n) is 4.11. The van der Waals surface area contributed by atoms with E-state index in [9.17, 15) is 10.1 Å². The number of non-ortho nitro benzene ring substituents is 1. The molecule has 0 atom stereocenters. The van der Waals surface area contributed by atoms with Crippen LogP contribution in [0.5, 0.6) is 5.75 Å². The van der Waals surface area contributed by atoms with E-state index in [1.165, 1.54) is 17.4 Å². The van der Waals surface area contributed by atoms with E-state index in [-0.39, 0.29) is 10.6 Å². The third-order valence-corrected chi connectivity index (χ3v) is 5.12. The van der Waals surface area contributed by atoms with Gasteiger partial charge in [-0.2, -0.15) is 0 Å². The van der Waals surface area contributed by atoms with Crippen LogP contribution in [-0.4, -0.2) is 20.9 Å². The molecule has 0 aliphatic carbocycles. The molecule has 4 rings (SSSR count). The lowest BCUT2D eigenvalue weighted by Crippen LogP contribution is -1.91. The smallest absolute Gasteiger partial charge is 0.270 e. The van der Waals surface area contributed by atoms with E-state index in [0.29, 0.717) is 6.61 Å². The minimum absolute atomic E-state index is 0.0985.